The summed E-state index contributed by atoms with van der Waals surface area (Å²) in [5.41, 5.74) is 9.53. The molecule has 0 aliphatic heterocycles. The maximum Gasteiger partial charge on any atom is 0.193 e. The van der Waals surface area contributed by atoms with Gasteiger partial charge in [-0.3, -0.25) is 4.79 Å². The first-order valence-corrected chi connectivity index (χ1v) is 14.3. The predicted octanol–water partition coefficient (Wildman–Crippen LogP) is 9.62. The Bertz CT molecular complexity index is 2000. The molecule has 212 valence electrons. The molecule has 6 heteroatoms. The maximum absolute atomic E-state index is 13.9. The Morgan fingerprint density at radius 3 is 1.88 bits per heavy atom. The number of carbonyl (C=O) groups excluding carboxylic acids is 1. The van der Waals surface area contributed by atoms with E-state index in [2.05, 4.69) is 14.9 Å². The van der Waals surface area contributed by atoms with Gasteiger partial charge in [0.2, 0.25) is 0 Å². The van der Waals surface area contributed by atoms with Crippen LogP contribution in [-0.2, 0) is 0 Å². The van der Waals surface area contributed by atoms with Crippen LogP contribution in [0.2, 0.25) is 0 Å². The average molecular weight is 566 g/mol. The summed E-state index contributed by atoms with van der Waals surface area (Å²) in [7, 11) is 0. The van der Waals surface area contributed by atoms with Crippen molar-refractivity contribution in [2.45, 2.75) is 39.8 Å². The molecule has 2 unspecified atom stereocenters. The van der Waals surface area contributed by atoms with Crippen molar-refractivity contribution >= 4 is 27.6 Å². The molecule has 0 radical (unpaired) electrons. The quantitative estimate of drug-likeness (QED) is 0.136. The summed E-state index contributed by atoms with van der Waals surface area (Å²) in [6, 6.07) is 32.0. The summed E-state index contributed by atoms with van der Waals surface area (Å²) in [4.78, 5) is 37.1. The molecule has 5 aromatic carbocycles. The summed E-state index contributed by atoms with van der Waals surface area (Å²) >= 11 is 0. The fourth-order valence-electron chi connectivity index (χ4n) is 6.23. The lowest BCUT2D eigenvalue weighted by Crippen LogP contribution is -2.07. The van der Waals surface area contributed by atoms with Gasteiger partial charge in [0, 0.05) is 27.6 Å². The van der Waals surface area contributed by atoms with Crippen LogP contribution in [0, 0.1) is 30.6 Å². The molecular formula is C37H31N3O3. The van der Waals surface area contributed by atoms with Crippen molar-refractivity contribution in [1.29, 1.82) is 0 Å². The van der Waals surface area contributed by atoms with Gasteiger partial charge in [-0.05, 0) is 98.0 Å². The van der Waals surface area contributed by atoms with Gasteiger partial charge in [0.15, 0.2) is 5.78 Å². The summed E-state index contributed by atoms with van der Waals surface area (Å²) in [5.74, 6) is -0.0228. The van der Waals surface area contributed by atoms with Gasteiger partial charge in [0.05, 0.1) is 11.0 Å². The second-order valence-corrected chi connectivity index (χ2v) is 11.2. The molecule has 2 atom stereocenters. The first-order chi connectivity index (χ1) is 20.8. The van der Waals surface area contributed by atoms with Crippen molar-refractivity contribution in [3.8, 4) is 5.69 Å². The van der Waals surface area contributed by atoms with Crippen LogP contribution in [0.5, 0.6) is 0 Å². The molecule has 0 spiro atoms. The number of nitroso groups, excluding NO2 is 2. The van der Waals surface area contributed by atoms with Gasteiger partial charge >= 0.3 is 0 Å². The highest BCUT2D eigenvalue weighted by atomic mass is 16.3. The summed E-state index contributed by atoms with van der Waals surface area (Å²) in [6.45, 7) is 7.76. The molecule has 6 aromatic rings. The van der Waals surface area contributed by atoms with Crippen molar-refractivity contribution in [3.63, 3.8) is 0 Å². The molecule has 0 aliphatic carbocycles. The van der Waals surface area contributed by atoms with E-state index in [0.29, 0.717) is 5.56 Å². The lowest BCUT2D eigenvalue weighted by Gasteiger charge is -2.12. The summed E-state index contributed by atoms with van der Waals surface area (Å²) < 4.78 is 2.14. The molecule has 0 aliphatic rings. The minimum atomic E-state index is -0.664. The highest BCUT2D eigenvalue weighted by Crippen LogP contribution is 2.37. The topological polar surface area (TPSA) is 80.9 Å². The summed E-state index contributed by atoms with van der Waals surface area (Å²) in [6.07, 6.45) is 0. The van der Waals surface area contributed by atoms with Crippen LogP contribution < -0.4 is 0 Å². The van der Waals surface area contributed by atoms with Crippen molar-refractivity contribution in [3.05, 3.63) is 157 Å². The number of hydrogen-bond donors (Lipinski definition) is 0. The number of ketones is 1. The number of hydrogen-bond acceptors (Lipinski definition) is 5. The monoisotopic (exact) mass is 565 g/mol. The first kappa shape index (κ1) is 27.9. The minimum absolute atomic E-state index is 0.0228. The van der Waals surface area contributed by atoms with Crippen LogP contribution >= 0.6 is 0 Å². The minimum Gasteiger partial charge on any atom is -0.309 e. The largest absolute Gasteiger partial charge is 0.309 e. The van der Waals surface area contributed by atoms with Crippen LogP contribution in [0.15, 0.2) is 113 Å². The first-order valence-electron chi connectivity index (χ1n) is 14.3. The highest BCUT2D eigenvalue weighted by Gasteiger charge is 2.21. The van der Waals surface area contributed by atoms with Crippen molar-refractivity contribution in [2.75, 3.05) is 0 Å². The SMILES string of the molecule is Cc1cc(C)c(C(=O)c2ccc3c(c2)c2cc(C(N=O)c4ccccc4)ccc2n3-c2ccc(C(C)N=O)cc2)c(C)c1. The molecule has 0 saturated carbocycles. The zero-order valence-corrected chi connectivity index (χ0v) is 24.5. The predicted molar refractivity (Wildman–Crippen MR) is 173 cm³/mol. The van der Waals surface area contributed by atoms with Crippen molar-refractivity contribution in [1.82, 2.24) is 4.57 Å². The second kappa shape index (κ2) is 11.2. The molecule has 6 nitrogen and oxygen atoms in total. The molecule has 0 bridgehead atoms. The average Bonchev–Trinajstić information content (AvgIpc) is 3.34. The van der Waals surface area contributed by atoms with Crippen LogP contribution in [0.3, 0.4) is 0 Å². The van der Waals surface area contributed by atoms with Crippen LogP contribution in [-0.4, -0.2) is 10.4 Å². The molecule has 0 saturated heterocycles. The number of carbonyl (C=O) groups is 1. The fourth-order valence-corrected chi connectivity index (χ4v) is 6.23. The molecule has 1 heterocycles. The van der Waals surface area contributed by atoms with E-state index in [1.807, 2.05) is 124 Å². The number of rotatable bonds is 8. The van der Waals surface area contributed by atoms with Crippen LogP contribution in [0.4, 0.5) is 0 Å². The van der Waals surface area contributed by atoms with Gasteiger partial charge in [-0.15, -0.1) is 4.91 Å². The molecule has 6 rings (SSSR count). The standard InChI is InChI=1S/C37H31N3O3/c1-22-18-23(2)35(24(3)19-22)37(41)29-13-17-34-32(21-29)31-20-28(36(39-43)27-8-6-5-7-9-27)12-16-33(31)40(34)30-14-10-26(11-15-30)25(4)38-42/h5-21,25,36H,1-4H3. The zero-order valence-electron chi connectivity index (χ0n) is 24.5. The van der Waals surface area contributed by atoms with Gasteiger partial charge in [-0.1, -0.05) is 76.6 Å². The zero-order chi connectivity index (χ0) is 30.2. The van der Waals surface area contributed by atoms with E-state index in [0.717, 1.165) is 66.4 Å². The van der Waals surface area contributed by atoms with Crippen LogP contribution in [0.1, 0.15) is 68.3 Å². The van der Waals surface area contributed by atoms with Gasteiger partial charge < -0.3 is 4.57 Å². The second-order valence-electron chi connectivity index (χ2n) is 11.2. The van der Waals surface area contributed by atoms with Gasteiger partial charge in [-0.2, -0.15) is 4.91 Å². The summed E-state index contributed by atoms with van der Waals surface area (Å²) in [5, 5.41) is 8.45. The molecule has 0 amide bonds. The molecule has 1 aromatic heterocycles. The van der Waals surface area contributed by atoms with E-state index in [9.17, 15) is 14.6 Å². The van der Waals surface area contributed by atoms with Crippen molar-refractivity contribution < 1.29 is 4.79 Å². The number of aryl methyl sites for hydroxylation is 3. The number of nitrogens with zero attached hydrogens (tertiary/aromatic N) is 3. The fraction of sp³-hybridized carbons (Fsp3) is 0.162. The normalized spacial score (nSPS) is 12.7. The lowest BCUT2D eigenvalue weighted by molar-refractivity contribution is 0.103. The van der Waals surface area contributed by atoms with Crippen molar-refractivity contribution in [2.24, 2.45) is 10.4 Å². The number of fused-ring (bicyclic) bond motifs is 3. The van der Waals surface area contributed by atoms with E-state index in [1.54, 1.807) is 6.92 Å². The van der Waals surface area contributed by atoms with E-state index >= 15 is 0 Å². The molecule has 0 fully saturated rings. The third-order valence-electron chi connectivity index (χ3n) is 8.28. The molecule has 0 N–H and O–H groups in total. The lowest BCUT2D eigenvalue weighted by atomic mass is 9.92. The third-order valence-corrected chi connectivity index (χ3v) is 8.28. The number of aromatic nitrogens is 1. The highest BCUT2D eigenvalue weighted by molar-refractivity contribution is 6.16. The van der Waals surface area contributed by atoms with E-state index in [4.69, 9.17) is 0 Å². The van der Waals surface area contributed by atoms with E-state index in [1.165, 1.54) is 0 Å². The smallest absolute Gasteiger partial charge is 0.193 e. The molecular weight excluding hydrogens is 534 g/mol. The maximum atomic E-state index is 13.9. The van der Waals surface area contributed by atoms with Gasteiger partial charge in [-0.25, -0.2) is 0 Å². The number of benzene rings is 5. The van der Waals surface area contributed by atoms with E-state index < -0.39 is 12.1 Å². The molecule has 43 heavy (non-hydrogen) atoms. The Morgan fingerprint density at radius 1 is 0.651 bits per heavy atom. The Morgan fingerprint density at radius 2 is 1.26 bits per heavy atom. The van der Waals surface area contributed by atoms with Crippen LogP contribution in [0.25, 0.3) is 27.5 Å². The Hall–Kier alpha value is -5.23. The van der Waals surface area contributed by atoms with Gasteiger partial charge in [0.1, 0.15) is 12.1 Å². The Kier molecular flexibility index (Phi) is 7.28. The van der Waals surface area contributed by atoms with Gasteiger partial charge in [0.25, 0.3) is 0 Å². The third kappa shape index (κ3) is 4.95. The van der Waals surface area contributed by atoms with E-state index in [-0.39, 0.29) is 5.78 Å². The Balaban J connectivity index is 1.58. The Labute approximate surface area is 249 Å².